The number of amides is 3. The number of carbonyl (C=O) groups excluding carboxylic acids is 3. The lowest BCUT2D eigenvalue weighted by molar-refractivity contribution is -0.120. The topological polar surface area (TPSA) is 133 Å². The number of benzene rings is 3. The molecule has 2 aliphatic heterocycles. The number of nitrogens with zero attached hydrogens (tertiary/aromatic N) is 3. The van der Waals surface area contributed by atoms with Crippen molar-refractivity contribution in [2.24, 2.45) is 0 Å². The number of hydrogen-bond donors (Lipinski definition) is 3. The van der Waals surface area contributed by atoms with Gasteiger partial charge in [0.15, 0.2) is 0 Å². The number of carbonyl (C=O) groups is 3. The number of H-pyrrole nitrogens is 2. The molecule has 2 fully saturated rings. The van der Waals surface area contributed by atoms with Crippen molar-refractivity contribution < 1.29 is 23.9 Å². The number of aromatic amines is 2. The summed E-state index contributed by atoms with van der Waals surface area (Å²) in [7, 11) is 0. The highest BCUT2D eigenvalue weighted by molar-refractivity contribution is 5.99. The summed E-state index contributed by atoms with van der Waals surface area (Å²) >= 11 is 0. The Labute approximate surface area is 290 Å². The van der Waals surface area contributed by atoms with Gasteiger partial charge in [-0.15, -0.1) is 0 Å². The third-order valence-corrected chi connectivity index (χ3v) is 9.21. The summed E-state index contributed by atoms with van der Waals surface area (Å²) in [4.78, 5) is 45.6. The van der Waals surface area contributed by atoms with Gasteiger partial charge in [-0.3, -0.25) is 19.7 Å². The SMILES string of the molecule is CC(C)(C)OC(=O)N1CCC[C@H]1C(=O)Nc1ccc2[nH]c(-c3ccc(-c4cc([C@@H]5CCCN5C(=O)OCc5ccccc5)[nH]n4)cc3)cc2c1. The molecule has 2 aliphatic rings. The first kappa shape index (κ1) is 32.9. The Bertz CT molecular complexity index is 1990. The van der Waals surface area contributed by atoms with Crippen LogP contribution in [-0.4, -0.2) is 67.8 Å². The fraction of sp³-hybridized carbons (Fsp3) is 0.333. The van der Waals surface area contributed by atoms with E-state index in [2.05, 4.69) is 26.6 Å². The van der Waals surface area contributed by atoms with Crippen molar-refractivity contribution in [2.75, 3.05) is 18.4 Å². The quantitative estimate of drug-likeness (QED) is 0.160. The van der Waals surface area contributed by atoms with Gasteiger partial charge in [0.1, 0.15) is 18.2 Å². The second-order valence-electron chi connectivity index (χ2n) is 14.0. The van der Waals surface area contributed by atoms with Crippen LogP contribution in [0.15, 0.2) is 84.9 Å². The normalized spacial score (nSPS) is 17.7. The number of ether oxygens (including phenoxy) is 2. The maximum atomic E-state index is 13.2. The lowest BCUT2D eigenvalue weighted by Gasteiger charge is -2.28. The first-order chi connectivity index (χ1) is 24.1. The first-order valence-electron chi connectivity index (χ1n) is 17.2. The highest BCUT2D eigenvalue weighted by atomic mass is 16.6. The van der Waals surface area contributed by atoms with Crippen molar-refractivity contribution in [3.05, 3.63) is 96.2 Å². The molecule has 0 bridgehead atoms. The molecule has 11 heteroatoms. The van der Waals surface area contributed by atoms with Gasteiger partial charge in [-0.1, -0.05) is 54.6 Å². The summed E-state index contributed by atoms with van der Waals surface area (Å²) in [6.07, 6.45) is 2.32. The van der Waals surface area contributed by atoms with Crippen LogP contribution in [0.1, 0.15) is 63.8 Å². The molecule has 3 amide bonds. The average molecular weight is 675 g/mol. The van der Waals surface area contributed by atoms with E-state index in [0.29, 0.717) is 25.2 Å². The Balaban J connectivity index is 0.992. The van der Waals surface area contributed by atoms with Crippen LogP contribution in [0.4, 0.5) is 15.3 Å². The molecule has 0 radical (unpaired) electrons. The van der Waals surface area contributed by atoms with Crippen LogP contribution in [0.3, 0.4) is 0 Å². The van der Waals surface area contributed by atoms with Crippen molar-refractivity contribution in [2.45, 2.75) is 70.7 Å². The number of likely N-dealkylation sites (tertiary alicyclic amines) is 2. The van der Waals surface area contributed by atoms with Crippen molar-refractivity contribution in [1.29, 1.82) is 0 Å². The van der Waals surface area contributed by atoms with Crippen LogP contribution in [-0.2, 0) is 20.9 Å². The third-order valence-electron chi connectivity index (χ3n) is 9.21. The summed E-state index contributed by atoms with van der Waals surface area (Å²) in [5.74, 6) is -0.218. The van der Waals surface area contributed by atoms with Gasteiger partial charge in [-0.05, 0) is 87.9 Å². The van der Waals surface area contributed by atoms with Gasteiger partial charge in [-0.25, -0.2) is 9.59 Å². The van der Waals surface area contributed by atoms with E-state index >= 15 is 0 Å². The monoisotopic (exact) mass is 674 g/mol. The van der Waals surface area contributed by atoms with E-state index in [9.17, 15) is 14.4 Å². The molecule has 4 heterocycles. The summed E-state index contributed by atoms with van der Waals surface area (Å²) in [5, 5.41) is 11.7. The summed E-state index contributed by atoms with van der Waals surface area (Å²) in [6, 6.07) is 27.0. The highest BCUT2D eigenvalue weighted by Gasteiger charge is 2.37. The minimum atomic E-state index is -0.625. The number of fused-ring (bicyclic) bond motifs is 1. The fourth-order valence-electron chi connectivity index (χ4n) is 6.76. The van der Waals surface area contributed by atoms with Gasteiger partial charge in [0.25, 0.3) is 0 Å². The molecule has 7 rings (SSSR count). The lowest BCUT2D eigenvalue weighted by atomic mass is 10.1. The number of hydrogen-bond acceptors (Lipinski definition) is 6. The Morgan fingerprint density at radius 2 is 1.60 bits per heavy atom. The Kier molecular flexibility index (Phi) is 9.05. The van der Waals surface area contributed by atoms with Crippen LogP contribution in [0, 0.1) is 0 Å². The van der Waals surface area contributed by atoms with Crippen LogP contribution in [0.25, 0.3) is 33.4 Å². The van der Waals surface area contributed by atoms with Gasteiger partial charge < -0.3 is 19.8 Å². The van der Waals surface area contributed by atoms with Gasteiger partial charge in [-0.2, -0.15) is 5.10 Å². The minimum absolute atomic E-state index is 0.109. The molecule has 11 nitrogen and oxygen atoms in total. The number of rotatable bonds is 7. The van der Waals surface area contributed by atoms with Crippen molar-refractivity contribution in [3.63, 3.8) is 0 Å². The molecule has 5 aromatic rings. The standard InChI is InChI=1S/C39H42N6O5/c1-39(2,3)50-38(48)45-20-8-12-35(45)36(46)40-29-17-18-30-28(21-29)22-31(41-30)26-13-15-27(16-14-26)32-23-33(43-42-32)34-11-7-19-44(34)37(47)49-24-25-9-5-4-6-10-25/h4-6,9-10,13-18,21-23,34-35,41H,7-8,11-12,19-20,24H2,1-3H3,(H,40,46)(H,42,43)/t34-,35-/m0/s1. The van der Waals surface area contributed by atoms with E-state index in [1.165, 1.54) is 4.90 Å². The van der Waals surface area contributed by atoms with Crippen molar-refractivity contribution in [1.82, 2.24) is 25.0 Å². The summed E-state index contributed by atoms with van der Waals surface area (Å²) < 4.78 is 11.1. The van der Waals surface area contributed by atoms with Crippen LogP contribution < -0.4 is 5.32 Å². The number of anilines is 1. The molecule has 3 aromatic carbocycles. The van der Waals surface area contributed by atoms with Crippen molar-refractivity contribution >= 4 is 34.7 Å². The van der Waals surface area contributed by atoms with Crippen LogP contribution >= 0.6 is 0 Å². The maximum Gasteiger partial charge on any atom is 0.410 e. The molecule has 2 atom stereocenters. The molecular weight excluding hydrogens is 632 g/mol. The van der Waals surface area contributed by atoms with E-state index in [1.54, 1.807) is 4.90 Å². The maximum absolute atomic E-state index is 13.2. The van der Waals surface area contributed by atoms with E-state index in [4.69, 9.17) is 9.47 Å². The van der Waals surface area contributed by atoms with Crippen LogP contribution in [0.2, 0.25) is 0 Å². The molecular formula is C39H42N6O5. The average Bonchev–Trinajstić information content (AvgIpc) is 3.92. The van der Waals surface area contributed by atoms with Gasteiger partial charge >= 0.3 is 12.2 Å². The first-order valence-corrected chi connectivity index (χ1v) is 17.2. The molecule has 0 aliphatic carbocycles. The van der Waals surface area contributed by atoms with E-state index in [1.807, 2.05) is 99.6 Å². The molecule has 258 valence electrons. The molecule has 2 saturated heterocycles. The number of nitrogens with one attached hydrogen (secondary N) is 3. The fourth-order valence-corrected chi connectivity index (χ4v) is 6.76. The van der Waals surface area contributed by atoms with Gasteiger partial charge in [0.05, 0.1) is 17.4 Å². The smallest absolute Gasteiger partial charge is 0.410 e. The summed E-state index contributed by atoms with van der Waals surface area (Å²) in [5.41, 5.74) is 6.55. The second kappa shape index (κ2) is 13.7. The molecule has 2 aromatic heterocycles. The highest BCUT2D eigenvalue weighted by Crippen LogP contribution is 2.34. The number of aromatic nitrogens is 3. The summed E-state index contributed by atoms with van der Waals surface area (Å²) in [6.45, 7) is 6.85. The van der Waals surface area contributed by atoms with Gasteiger partial charge in [0, 0.05) is 40.9 Å². The minimum Gasteiger partial charge on any atom is -0.445 e. The predicted octanol–water partition coefficient (Wildman–Crippen LogP) is 8.04. The molecule has 50 heavy (non-hydrogen) atoms. The van der Waals surface area contributed by atoms with Gasteiger partial charge in [0.2, 0.25) is 5.91 Å². The Hall–Kier alpha value is -5.58. The zero-order valence-electron chi connectivity index (χ0n) is 28.6. The zero-order chi connectivity index (χ0) is 34.8. The third kappa shape index (κ3) is 7.22. The predicted molar refractivity (Wildman–Crippen MR) is 191 cm³/mol. The van der Waals surface area contributed by atoms with E-state index in [-0.39, 0.29) is 24.6 Å². The lowest BCUT2D eigenvalue weighted by Crippen LogP contribution is -2.45. The van der Waals surface area contributed by atoms with Crippen molar-refractivity contribution in [3.8, 4) is 22.5 Å². The molecule has 3 N–H and O–H groups in total. The zero-order valence-corrected chi connectivity index (χ0v) is 28.6. The Morgan fingerprint density at radius 3 is 2.38 bits per heavy atom. The Morgan fingerprint density at radius 1 is 0.860 bits per heavy atom. The van der Waals surface area contributed by atoms with E-state index < -0.39 is 17.7 Å². The molecule has 0 saturated carbocycles. The second-order valence-corrected chi connectivity index (χ2v) is 14.0. The molecule has 0 spiro atoms. The van der Waals surface area contributed by atoms with E-state index in [0.717, 1.165) is 63.9 Å². The molecule has 0 unspecified atom stereocenters. The van der Waals surface area contributed by atoms with Crippen LogP contribution in [0.5, 0.6) is 0 Å². The largest absolute Gasteiger partial charge is 0.445 e.